The lowest BCUT2D eigenvalue weighted by Crippen LogP contribution is -2.39. The van der Waals surface area contributed by atoms with Crippen LogP contribution in [0.1, 0.15) is 12.5 Å². The molecule has 28 heavy (non-hydrogen) atoms. The number of carbonyl (C=O) groups is 2. The number of amidine groups is 2. The third-order valence-electron chi connectivity index (χ3n) is 4.16. The summed E-state index contributed by atoms with van der Waals surface area (Å²) in [4.78, 5) is 35.0. The number of hydrogen-bond acceptors (Lipinski definition) is 6. The summed E-state index contributed by atoms with van der Waals surface area (Å²) in [7, 11) is 0. The summed E-state index contributed by atoms with van der Waals surface area (Å²) in [6.45, 7) is 2.61. The van der Waals surface area contributed by atoms with Gasteiger partial charge in [-0.1, -0.05) is 23.9 Å². The van der Waals surface area contributed by atoms with Gasteiger partial charge in [-0.3, -0.25) is 14.6 Å². The molecule has 0 bridgehead atoms. The molecule has 0 radical (unpaired) electrons. The summed E-state index contributed by atoms with van der Waals surface area (Å²) in [6, 6.07) is 14.7. The molecule has 2 aromatic rings. The van der Waals surface area contributed by atoms with Crippen LogP contribution < -0.4 is 10.1 Å². The van der Waals surface area contributed by atoms with E-state index in [0.29, 0.717) is 23.3 Å². The van der Waals surface area contributed by atoms with Gasteiger partial charge in [0.05, 0.1) is 18.0 Å². The topological polar surface area (TPSA) is 83.4 Å². The minimum Gasteiger partial charge on any atom is -0.494 e. The second kappa shape index (κ2) is 7.85. The molecule has 0 saturated carbocycles. The van der Waals surface area contributed by atoms with Crippen LogP contribution in [0.4, 0.5) is 11.4 Å². The van der Waals surface area contributed by atoms with Gasteiger partial charge in [-0.2, -0.15) is 0 Å². The van der Waals surface area contributed by atoms with E-state index in [1.807, 2.05) is 31.2 Å². The van der Waals surface area contributed by atoms with Crippen LogP contribution in [-0.2, 0) is 9.59 Å². The van der Waals surface area contributed by atoms with E-state index in [1.165, 1.54) is 16.7 Å². The first-order valence-electron chi connectivity index (χ1n) is 8.86. The van der Waals surface area contributed by atoms with Gasteiger partial charge in [0.2, 0.25) is 5.91 Å². The molecule has 8 heteroatoms. The van der Waals surface area contributed by atoms with Gasteiger partial charge in [0.15, 0.2) is 5.17 Å². The molecule has 7 nitrogen and oxygen atoms in total. The van der Waals surface area contributed by atoms with Crippen LogP contribution >= 0.6 is 11.8 Å². The Labute approximate surface area is 166 Å². The summed E-state index contributed by atoms with van der Waals surface area (Å²) >= 11 is 1.22. The molecule has 2 aliphatic rings. The van der Waals surface area contributed by atoms with Crippen molar-refractivity contribution in [1.29, 1.82) is 0 Å². The fraction of sp³-hybridized carbons (Fsp3) is 0.200. The SMILES string of the molecule is CCOc1ccc(NC(=O)CSC2=Nc3ccccc3C3=NCC(=O)N23)cc1. The second-order valence-corrected chi connectivity index (χ2v) is 7.02. The minimum atomic E-state index is -0.180. The van der Waals surface area contributed by atoms with E-state index >= 15 is 0 Å². The maximum absolute atomic E-state index is 12.3. The Morgan fingerprint density at radius 1 is 1.21 bits per heavy atom. The van der Waals surface area contributed by atoms with E-state index in [9.17, 15) is 9.59 Å². The van der Waals surface area contributed by atoms with Gasteiger partial charge >= 0.3 is 0 Å². The molecule has 2 aromatic carbocycles. The number of benzene rings is 2. The summed E-state index contributed by atoms with van der Waals surface area (Å²) < 4.78 is 5.39. The van der Waals surface area contributed by atoms with Gasteiger partial charge < -0.3 is 10.1 Å². The van der Waals surface area contributed by atoms with E-state index < -0.39 is 0 Å². The maximum Gasteiger partial charge on any atom is 0.256 e. The number of thioether (sulfide) groups is 1. The Morgan fingerprint density at radius 3 is 2.79 bits per heavy atom. The molecule has 142 valence electrons. The number of aliphatic imine (C=N–C) groups is 2. The first-order valence-corrected chi connectivity index (χ1v) is 9.85. The van der Waals surface area contributed by atoms with Gasteiger partial charge in [0, 0.05) is 11.3 Å². The van der Waals surface area contributed by atoms with Gasteiger partial charge in [-0.25, -0.2) is 9.89 Å². The van der Waals surface area contributed by atoms with Crippen LogP contribution in [0.25, 0.3) is 0 Å². The van der Waals surface area contributed by atoms with Crippen molar-refractivity contribution in [3.05, 3.63) is 54.1 Å². The molecule has 4 rings (SSSR count). The fourth-order valence-electron chi connectivity index (χ4n) is 2.94. The molecule has 0 saturated heterocycles. The highest BCUT2D eigenvalue weighted by molar-refractivity contribution is 8.14. The Balaban J connectivity index is 1.44. The monoisotopic (exact) mass is 394 g/mol. The number of nitrogens with one attached hydrogen (secondary N) is 1. The molecule has 0 atom stereocenters. The zero-order valence-corrected chi connectivity index (χ0v) is 16.0. The molecule has 0 aliphatic carbocycles. The molecule has 2 aliphatic heterocycles. The van der Waals surface area contributed by atoms with Crippen LogP contribution in [0.5, 0.6) is 5.75 Å². The fourth-order valence-corrected chi connectivity index (χ4v) is 3.76. The predicted molar refractivity (Wildman–Crippen MR) is 110 cm³/mol. The normalized spacial score (nSPS) is 14.8. The van der Waals surface area contributed by atoms with Crippen LogP contribution in [0.2, 0.25) is 0 Å². The average molecular weight is 394 g/mol. The highest BCUT2D eigenvalue weighted by Crippen LogP contribution is 2.31. The molecule has 0 unspecified atom stereocenters. The van der Waals surface area contributed by atoms with Crippen molar-refractivity contribution < 1.29 is 14.3 Å². The van der Waals surface area contributed by atoms with Crippen molar-refractivity contribution >= 4 is 46.0 Å². The van der Waals surface area contributed by atoms with Gasteiger partial charge in [0.1, 0.15) is 18.1 Å². The second-order valence-electron chi connectivity index (χ2n) is 6.07. The number of anilines is 1. The molecule has 0 aromatic heterocycles. The Bertz CT molecular complexity index is 985. The smallest absolute Gasteiger partial charge is 0.256 e. The first kappa shape index (κ1) is 18.2. The van der Waals surface area contributed by atoms with E-state index in [0.717, 1.165) is 17.0 Å². The lowest BCUT2D eigenvalue weighted by Gasteiger charge is -2.25. The number of para-hydroxylation sites is 1. The van der Waals surface area contributed by atoms with Crippen LogP contribution in [0, 0.1) is 0 Å². The van der Waals surface area contributed by atoms with E-state index in [-0.39, 0.29) is 24.1 Å². The summed E-state index contributed by atoms with van der Waals surface area (Å²) in [6.07, 6.45) is 0. The number of amides is 2. The van der Waals surface area contributed by atoms with Crippen molar-refractivity contribution in [2.75, 3.05) is 24.2 Å². The molecule has 2 heterocycles. The van der Waals surface area contributed by atoms with Gasteiger partial charge in [0.25, 0.3) is 5.91 Å². The third-order valence-corrected chi connectivity index (χ3v) is 5.10. The summed E-state index contributed by atoms with van der Waals surface area (Å²) in [5, 5.41) is 3.31. The van der Waals surface area contributed by atoms with Crippen LogP contribution in [0.3, 0.4) is 0 Å². The largest absolute Gasteiger partial charge is 0.494 e. The van der Waals surface area contributed by atoms with Crippen molar-refractivity contribution in [2.24, 2.45) is 9.98 Å². The molecule has 1 N–H and O–H groups in total. The van der Waals surface area contributed by atoms with E-state index in [4.69, 9.17) is 4.74 Å². The number of hydrogen-bond donors (Lipinski definition) is 1. The molecule has 0 spiro atoms. The Morgan fingerprint density at radius 2 is 2.00 bits per heavy atom. The van der Waals surface area contributed by atoms with Crippen molar-refractivity contribution in [3.8, 4) is 5.75 Å². The van der Waals surface area contributed by atoms with Crippen molar-refractivity contribution in [3.63, 3.8) is 0 Å². The van der Waals surface area contributed by atoms with E-state index in [2.05, 4.69) is 15.3 Å². The minimum absolute atomic E-state index is 0.0988. The number of carbonyl (C=O) groups excluding carboxylic acids is 2. The number of rotatable bonds is 5. The van der Waals surface area contributed by atoms with Gasteiger partial charge in [-0.05, 0) is 43.3 Å². The predicted octanol–water partition coefficient (Wildman–Crippen LogP) is 3.05. The molecular formula is C20H18N4O3S. The maximum atomic E-state index is 12.3. The Kier molecular flexibility index (Phi) is 5.12. The summed E-state index contributed by atoms with van der Waals surface area (Å²) in [5.41, 5.74) is 2.27. The average Bonchev–Trinajstić information content (AvgIpc) is 3.10. The lowest BCUT2D eigenvalue weighted by atomic mass is 10.1. The number of fused-ring (bicyclic) bond motifs is 3. The van der Waals surface area contributed by atoms with Crippen molar-refractivity contribution in [2.45, 2.75) is 6.92 Å². The quantitative estimate of drug-likeness (QED) is 0.845. The molecular weight excluding hydrogens is 376 g/mol. The molecule has 0 fully saturated rings. The lowest BCUT2D eigenvalue weighted by molar-refractivity contribution is -0.122. The third kappa shape index (κ3) is 3.63. The highest BCUT2D eigenvalue weighted by atomic mass is 32.2. The highest BCUT2D eigenvalue weighted by Gasteiger charge is 2.35. The first-order chi connectivity index (χ1) is 13.7. The van der Waals surface area contributed by atoms with Crippen LogP contribution in [0.15, 0.2) is 58.5 Å². The molecule has 2 amide bonds. The van der Waals surface area contributed by atoms with E-state index in [1.54, 1.807) is 24.3 Å². The van der Waals surface area contributed by atoms with Gasteiger partial charge in [-0.15, -0.1) is 0 Å². The number of ether oxygens (including phenoxy) is 1. The van der Waals surface area contributed by atoms with Crippen LogP contribution in [-0.4, -0.2) is 46.6 Å². The Hall–Kier alpha value is -3.13. The van der Waals surface area contributed by atoms with Crippen molar-refractivity contribution in [1.82, 2.24) is 4.90 Å². The summed E-state index contributed by atoms with van der Waals surface area (Å²) in [5.74, 6) is 1.17. The zero-order chi connectivity index (χ0) is 19.5. The zero-order valence-electron chi connectivity index (χ0n) is 15.2. The standard InChI is InChI=1S/C20H18N4O3S/c1-2-27-14-9-7-13(8-10-14)22-17(25)12-28-20-23-16-6-4-3-5-15(16)19-21-11-18(26)24(19)20/h3-10H,2,11-12H2,1H3,(H,22,25). The number of nitrogens with zero attached hydrogens (tertiary/aromatic N) is 3.